The summed E-state index contributed by atoms with van der Waals surface area (Å²) in [7, 11) is 0. The largest absolute Gasteiger partial charge is 0.456 e. The maximum absolute atomic E-state index is 11.7. The molecule has 0 N–H and O–H groups in total. The molecule has 7 heteroatoms. The zero-order valence-electron chi connectivity index (χ0n) is 12.4. The summed E-state index contributed by atoms with van der Waals surface area (Å²) in [5.74, 6) is -1.20. The maximum atomic E-state index is 11.7. The molecule has 0 saturated carbocycles. The van der Waals surface area contributed by atoms with E-state index in [4.69, 9.17) is 4.42 Å². The predicted molar refractivity (Wildman–Crippen MR) is 84.2 cm³/mol. The summed E-state index contributed by atoms with van der Waals surface area (Å²) < 4.78 is 5.67. The van der Waals surface area contributed by atoms with Gasteiger partial charge in [-0.05, 0) is 6.07 Å². The van der Waals surface area contributed by atoms with Gasteiger partial charge >= 0.3 is 0 Å². The van der Waals surface area contributed by atoms with Crippen LogP contribution in [0.1, 0.15) is 13.8 Å². The first kappa shape index (κ1) is 14.7. The Kier molecular flexibility index (Phi) is 3.33. The molecule has 0 fully saturated rings. The smallest absolute Gasteiger partial charge is 0.294 e. The third-order valence-corrected chi connectivity index (χ3v) is 3.54. The van der Waals surface area contributed by atoms with Crippen molar-refractivity contribution >= 4 is 45.1 Å². The minimum absolute atomic E-state index is 0.0958. The van der Waals surface area contributed by atoms with E-state index in [0.29, 0.717) is 16.6 Å². The van der Waals surface area contributed by atoms with E-state index in [9.17, 15) is 19.7 Å². The molecule has 1 aromatic heterocycles. The first-order chi connectivity index (χ1) is 10.9. The minimum atomic E-state index is -0.616. The van der Waals surface area contributed by atoms with Gasteiger partial charge in [0.15, 0.2) is 0 Å². The number of para-hydroxylation sites is 1. The van der Waals surface area contributed by atoms with Crippen LogP contribution >= 0.6 is 0 Å². The van der Waals surface area contributed by atoms with Gasteiger partial charge in [0, 0.05) is 36.8 Å². The first-order valence-corrected chi connectivity index (χ1v) is 6.81. The fourth-order valence-corrected chi connectivity index (χ4v) is 2.64. The van der Waals surface area contributed by atoms with Crippen molar-refractivity contribution in [3.63, 3.8) is 0 Å². The van der Waals surface area contributed by atoms with Gasteiger partial charge in [-0.3, -0.25) is 19.7 Å². The van der Waals surface area contributed by atoms with Crippen molar-refractivity contribution in [2.24, 2.45) is 0 Å². The van der Waals surface area contributed by atoms with Crippen LogP contribution in [0.15, 0.2) is 40.8 Å². The summed E-state index contributed by atoms with van der Waals surface area (Å²) in [5, 5.41) is 12.7. The number of anilines is 1. The second-order valence-electron chi connectivity index (χ2n) is 5.07. The fraction of sp³-hybridized carbons (Fsp3) is 0.125. The number of imide groups is 1. The number of carbonyl (C=O) groups is 2. The van der Waals surface area contributed by atoms with Crippen LogP contribution in [0.3, 0.4) is 0 Å². The van der Waals surface area contributed by atoms with Gasteiger partial charge in [-0.1, -0.05) is 18.2 Å². The molecular weight excluding hydrogens is 300 g/mol. The summed E-state index contributed by atoms with van der Waals surface area (Å²) in [6.07, 6.45) is 0. The van der Waals surface area contributed by atoms with Crippen molar-refractivity contribution < 1.29 is 18.9 Å². The van der Waals surface area contributed by atoms with Gasteiger partial charge in [-0.15, -0.1) is 0 Å². The van der Waals surface area contributed by atoms with E-state index in [-0.39, 0.29) is 11.4 Å². The summed E-state index contributed by atoms with van der Waals surface area (Å²) in [6.45, 7) is 2.35. The van der Waals surface area contributed by atoms with Crippen LogP contribution in [0.4, 0.5) is 11.4 Å². The molecule has 3 rings (SSSR count). The Labute approximate surface area is 130 Å². The van der Waals surface area contributed by atoms with Crippen LogP contribution in [0.5, 0.6) is 0 Å². The van der Waals surface area contributed by atoms with Gasteiger partial charge in [0.2, 0.25) is 11.8 Å². The highest BCUT2D eigenvalue weighted by Crippen LogP contribution is 2.38. The van der Waals surface area contributed by atoms with E-state index in [1.807, 2.05) is 0 Å². The Morgan fingerprint density at radius 1 is 1.04 bits per heavy atom. The number of carbonyl (C=O) groups excluding carboxylic acids is 2. The summed E-state index contributed by atoms with van der Waals surface area (Å²) in [6, 6.07) is 9.81. The van der Waals surface area contributed by atoms with Crippen molar-refractivity contribution in [1.82, 2.24) is 0 Å². The second-order valence-corrected chi connectivity index (χ2v) is 5.07. The molecule has 23 heavy (non-hydrogen) atoms. The third-order valence-electron chi connectivity index (χ3n) is 3.54. The summed E-state index contributed by atoms with van der Waals surface area (Å²) >= 11 is 0. The normalized spacial score (nSPS) is 10.9. The number of rotatable bonds is 2. The minimum Gasteiger partial charge on any atom is -0.456 e. The van der Waals surface area contributed by atoms with Gasteiger partial charge in [0.1, 0.15) is 16.9 Å². The highest BCUT2D eigenvalue weighted by atomic mass is 16.6. The molecular formula is C16H12N2O5. The summed E-state index contributed by atoms with van der Waals surface area (Å²) in [5.41, 5.74) is 0.529. The van der Waals surface area contributed by atoms with E-state index in [2.05, 4.69) is 0 Å². The van der Waals surface area contributed by atoms with Gasteiger partial charge in [0.25, 0.3) is 5.69 Å². The number of hydrogen-bond donors (Lipinski definition) is 0. The predicted octanol–water partition coefficient (Wildman–Crippen LogP) is 3.39. The van der Waals surface area contributed by atoms with E-state index in [1.54, 1.807) is 24.3 Å². The molecule has 2 amide bonds. The van der Waals surface area contributed by atoms with Crippen LogP contribution < -0.4 is 4.90 Å². The number of benzene rings is 2. The van der Waals surface area contributed by atoms with E-state index >= 15 is 0 Å². The lowest BCUT2D eigenvalue weighted by atomic mass is 10.1. The number of nitro groups is 1. The molecule has 0 radical (unpaired) electrons. The quantitative estimate of drug-likeness (QED) is 0.534. The van der Waals surface area contributed by atoms with Crippen molar-refractivity contribution in [2.45, 2.75) is 13.8 Å². The lowest BCUT2D eigenvalue weighted by Crippen LogP contribution is -2.33. The van der Waals surface area contributed by atoms with Crippen LogP contribution in [-0.2, 0) is 9.59 Å². The van der Waals surface area contributed by atoms with E-state index in [1.165, 1.54) is 26.0 Å². The molecule has 2 aromatic carbocycles. The average molecular weight is 312 g/mol. The van der Waals surface area contributed by atoms with Gasteiger partial charge in [-0.25, -0.2) is 4.90 Å². The first-order valence-electron chi connectivity index (χ1n) is 6.81. The summed E-state index contributed by atoms with van der Waals surface area (Å²) in [4.78, 5) is 35.0. The fourth-order valence-electron chi connectivity index (χ4n) is 2.64. The monoisotopic (exact) mass is 312 g/mol. The molecule has 0 aliphatic carbocycles. The number of hydrogen-bond acceptors (Lipinski definition) is 5. The number of furan rings is 1. The Bertz CT molecular complexity index is 959. The SMILES string of the molecule is CC(=O)N(C(C)=O)c1cc2oc3ccccc3c2cc1[N+](=O)[O-]. The van der Waals surface area contributed by atoms with Crippen LogP contribution in [-0.4, -0.2) is 16.7 Å². The lowest BCUT2D eigenvalue weighted by Gasteiger charge is -2.16. The number of nitro benzene ring substituents is 1. The Morgan fingerprint density at radius 3 is 2.30 bits per heavy atom. The van der Waals surface area contributed by atoms with Gasteiger partial charge in [-0.2, -0.15) is 0 Å². The highest BCUT2D eigenvalue weighted by molar-refractivity contribution is 6.16. The molecule has 0 saturated heterocycles. The van der Waals surface area contributed by atoms with Gasteiger partial charge in [0.05, 0.1) is 4.92 Å². The molecule has 0 spiro atoms. The Hall–Kier alpha value is -3.22. The van der Waals surface area contributed by atoms with Crippen molar-refractivity contribution in [1.29, 1.82) is 0 Å². The molecule has 1 heterocycles. The highest BCUT2D eigenvalue weighted by Gasteiger charge is 2.27. The van der Waals surface area contributed by atoms with Crippen molar-refractivity contribution in [2.75, 3.05) is 4.90 Å². The third kappa shape index (κ3) is 2.32. The lowest BCUT2D eigenvalue weighted by molar-refractivity contribution is -0.383. The number of nitrogens with zero attached hydrogens (tertiary/aromatic N) is 2. The molecule has 116 valence electrons. The standard InChI is InChI=1S/C16H12N2O5/c1-9(19)17(10(2)20)13-8-16-12(7-14(13)18(21)22)11-5-3-4-6-15(11)23-16/h3-8H,1-2H3. The second kappa shape index (κ2) is 5.20. The Morgan fingerprint density at radius 2 is 1.70 bits per heavy atom. The number of amides is 2. The maximum Gasteiger partial charge on any atom is 0.294 e. The zero-order chi connectivity index (χ0) is 16.7. The molecule has 0 aliphatic rings. The molecule has 3 aromatic rings. The average Bonchev–Trinajstić information content (AvgIpc) is 2.83. The molecule has 0 aliphatic heterocycles. The Balaban J connectivity index is 2.39. The number of fused-ring (bicyclic) bond motifs is 3. The molecule has 0 unspecified atom stereocenters. The topological polar surface area (TPSA) is 93.7 Å². The van der Waals surface area contributed by atoms with Crippen LogP contribution in [0.2, 0.25) is 0 Å². The van der Waals surface area contributed by atoms with Crippen LogP contribution in [0, 0.1) is 10.1 Å². The van der Waals surface area contributed by atoms with E-state index < -0.39 is 16.7 Å². The molecule has 7 nitrogen and oxygen atoms in total. The van der Waals surface area contributed by atoms with Crippen molar-refractivity contribution in [3.05, 3.63) is 46.5 Å². The van der Waals surface area contributed by atoms with E-state index in [0.717, 1.165) is 10.3 Å². The van der Waals surface area contributed by atoms with Crippen molar-refractivity contribution in [3.8, 4) is 0 Å². The van der Waals surface area contributed by atoms with Gasteiger partial charge < -0.3 is 4.42 Å². The zero-order valence-corrected chi connectivity index (χ0v) is 12.4. The van der Waals surface area contributed by atoms with Crippen LogP contribution in [0.25, 0.3) is 21.9 Å². The molecule has 0 bridgehead atoms. The molecule has 0 atom stereocenters.